The number of rotatable bonds is 4. The van der Waals surface area contributed by atoms with Crippen molar-refractivity contribution >= 4 is 39.7 Å². The molecule has 0 fully saturated rings. The molecule has 7 nitrogen and oxygen atoms in total. The van der Waals surface area contributed by atoms with Crippen molar-refractivity contribution in [2.45, 2.75) is 19.8 Å². The standard InChI is InChI=1S/C13H12ClN3O4S/c1-6(8-3-4-10(18)9(5-8)17(20)21)12(19)15-13-11(14)7(2)16-22-13/h3-6,18H,1-2H3,(H,15,19). The quantitative estimate of drug-likeness (QED) is 0.654. The molecule has 0 bridgehead atoms. The maximum Gasteiger partial charge on any atom is 0.310 e. The molecule has 1 heterocycles. The number of hydrogen-bond acceptors (Lipinski definition) is 6. The van der Waals surface area contributed by atoms with E-state index in [1.54, 1.807) is 13.8 Å². The third-order valence-corrected chi connectivity index (χ3v) is 4.55. The number of anilines is 1. The van der Waals surface area contributed by atoms with Crippen LogP contribution in [0, 0.1) is 17.0 Å². The van der Waals surface area contributed by atoms with Crippen molar-refractivity contribution in [3.8, 4) is 5.75 Å². The average molecular weight is 342 g/mol. The van der Waals surface area contributed by atoms with Crippen molar-refractivity contribution in [3.63, 3.8) is 0 Å². The first kappa shape index (κ1) is 16.2. The third kappa shape index (κ3) is 3.18. The van der Waals surface area contributed by atoms with Gasteiger partial charge in [-0.2, -0.15) is 4.37 Å². The molecule has 1 atom stereocenters. The normalized spacial score (nSPS) is 12.0. The maximum absolute atomic E-state index is 12.2. The molecule has 0 saturated heterocycles. The molecule has 116 valence electrons. The van der Waals surface area contributed by atoms with Gasteiger partial charge in [0.2, 0.25) is 5.91 Å². The van der Waals surface area contributed by atoms with Crippen molar-refractivity contribution in [2.24, 2.45) is 0 Å². The summed E-state index contributed by atoms with van der Waals surface area (Å²) in [6.07, 6.45) is 0. The molecule has 1 aromatic carbocycles. The molecule has 0 aliphatic heterocycles. The monoisotopic (exact) mass is 341 g/mol. The number of aryl methyl sites for hydroxylation is 1. The van der Waals surface area contributed by atoms with Gasteiger partial charge in [0.15, 0.2) is 5.75 Å². The summed E-state index contributed by atoms with van der Waals surface area (Å²) in [5, 5.41) is 23.7. The van der Waals surface area contributed by atoms with Crippen LogP contribution in [0.4, 0.5) is 10.7 Å². The summed E-state index contributed by atoms with van der Waals surface area (Å²) in [5.41, 5.74) is 0.595. The Balaban J connectivity index is 2.22. The summed E-state index contributed by atoms with van der Waals surface area (Å²) in [7, 11) is 0. The first-order chi connectivity index (χ1) is 10.3. The highest BCUT2D eigenvalue weighted by molar-refractivity contribution is 7.11. The fourth-order valence-corrected chi connectivity index (χ4v) is 2.70. The summed E-state index contributed by atoms with van der Waals surface area (Å²) >= 11 is 7.07. The molecule has 0 radical (unpaired) electrons. The zero-order valence-corrected chi connectivity index (χ0v) is 13.2. The van der Waals surface area contributed by atoms with Crippen molar-refractivity contribution in [3.05, 3.63) is 44.6 Å². The fourth-order valence-electron chi connectivity index (χ4n) is 1.76. The van der Waals surface area contributed by atoms with Crippen LogP contribution in [0.25, 0.3) is 0 Å². The van der Waals surface area contributed by atoms with E-state index in [0.717, 1.165) is 11.5 Å². The summed E-state index contributed by atoms with van der Waals surface area (Å²) in [6, 6.07) is 3.84. The van der Waals surface area contributed by atoms with Crippen LogP contribution in [0.3, 0.4) is 0 Å². The molecular weight excluding hydrogens is 330 g/mol. The molecule has 0 saturated carbocycles. The maximum atomic E-state index is 12.2. The van der Waals surface area contributed by atoms with Gasteiger partial charge in [-0.05, 0) is 37.0 Å². The van der Waals surface area contributed by atoms with Crippen LogP contribution < -0.4 is 5.32 Å². The van der Waals surface area contributed by atoms with Gasteiger partial charge in [-0.3, -0.25) is 14.9 Å². The lowest BCUT2D eigenvalue weighted by atomic mass is 9.99. The molecule has 0 spiro atoms. The number of aromatic nitrogens is 1. The van der Waals surface area contributed by atoms with E-state index in [2.05, 4.69) is 9.69 Å². The van der Waals surface area contributed by atoms with Gasteiger partial charge < -0.3 is 10.4 Å². The Hall–Kier alpha value is -2.19. The molecule has 22 heavy (non-hydrogen) atoms. The SMILES string of the molecule is Cc1nsc(NC(=O)C(C)c2ccc(O)c([N+](=O)[O-])c2)c1Cl. The largest absolute Gasteiger partial charge is 0.502 e. The molecule has 9 heteroatoms. The van der Waals surface area contributed by atoms with E-state index in [4.69, 9.17) is 11.6 Å². The number of nitrogens with zero attached hydrogens (tertiary/aromatic N) is 2. The van der Waals surface area contributed by atoms with Crippen molar-refractivity contribution in [1.82, 2.24) is 4.37 Å². The molecule has 1 amide bonds. The topological polar surface area (TPSA) is 105 Å². The number of phenols is 1. The highest BCUT2D eigenvalue weighted by Crippen LogP contribution is 2.32. The van der Waals surface area contributed by atoms with Crippen LogP contribution in [0.2, 0.25) is 5.02 Å². The lowest BCUT2D eigenvalue weighted by Gasteiger charge is -2.12. The Labute approximate surface area is 134 Å². The summed E-state index contributed by atoms with van der Waals surface area (Å²) in [4.78, 5) is 22.3. The van der Waals surface area contributed by atoms with E-state index in [-0.39, 0.29) is 5.91 Å². The summed E-state index contributed by atoms with van der Waals surface area (Å²) < 4.78 is 4.02. The number of amides is 1. The minimum atomic E-state index is -0.702. The Kier molecular flexibility index (Phi) is 4.62. The zero-order valence-electron chi connectivity index (χ0n) is 11.7. The van der Waals surface area contributed by atoms with E-state index in [1.165, 1.54) is 18.2 Å². The van der Waals surface area contributed by atoms with Gasteiger partial charge in [-0.25, -0.2) is 0 Å². The van der Waals surface area contributed by atoms with E-state index in [9.17, 15) is 20.0 Å². The van der Waals surface area contributed by atoms with Crippen LogP contribution in [-0.4, -0.2) is 20.3 Å². The van der Waals surface area contributed by atoms with Gasteiger partial charge in [0.05, 0.1) is 21.6 Å². The van der Waals surface area contributed by atoms with Crippen LogP contribution in [-0.2, 0) is 4.79 Å². The molecule has 0 aliphatic carbocycles. The van der Waals surface area contributed by atoms with E-state index < -0.39 is 22.3 Å². The van der Waals surface area contributed by atoms with Crippen LogP contribution in [0.15, 0.2) is 18.2 Å². The molecule has 1 unspecified atom stereocenters. The van der Waals surface area contributed by atoms with Gasteiger partial charge in [0, 0.05) is 6.07 Å². The average Bonchev–Trinajstić information content (AvgIpc) is 2.78. The number of aromatic hydroxyl groups is 1. The van der Waals surface area contributed by atoms with Crippen LogP contribution in [0.1, 0.15) is 24.1 Å². The highest BCUT2D eigenvalue weighted by Gasteiger charge is 2.22. The molecule has 2 N–H and O–H groups in total. The molecular formula is C13H12ClN3O4S. The number of nitrogens with one attached hydrogen (secondary N) is 1. The zero-order chi connectivity index (χ0) is 16.4. The van der Waals surface area contributed by atoms with Gasteiger partial charge in [-0.15, -0.1) is 0 Å². The third-order valence-electron chi connectivity index (χ3n) is 3.12. The second kappa shape index (κ2) is 6.29. The molecule has 2 aromatic rings. The lowest BCUT2D eigenvalue weighted by molar-refractivity contribution is -0.385. The lowest BCUT2D eigenvalue weighted by Crippen LogP contribution is -2.18. The smallest absolute Gasteiger partial charge is 0.310 e. The van der Waals surface area contributed by atoms with Gasteiger partial charge in [-0.1, -0.05) is 17.7 Å². The van der Waals surface area contributed by atoms with Crippen molar-refractivity contribution < 1.29 is 14.8 Å². The second-order valence-electron chi connectivity index (χ2n) is 4.63. The van der Waals surface area contributed by atoms with Crippen molar-refractivity contribution in [1.29, 1.82) is 0 Å². The predicted molar refractivity (Wildman–Crippen MR) is 83.7 cm³/mol. The Morgan fingerprint density at radius 1 is 1.55 bits per heavy atom. The number of benzene rings is 1. The number of phenolic OH excluding ortho intramolecular Hbond substituents is 1. The Morgan fingerprint density at radius 2 is 2.23 bits per heavy atom. The Bertz CT molecular complexity index is 747. The van der Waals surface area contributed by atoms with Crippen LogP contribution in [0.5, 0.6) is 5.75 Å². The first-order valence-electron chi connectivity index (χ1n) is 6.21. The predicted octanol–water partition coefficient (Wildman–Crippen LogP) is 3.46. The minimum absolute atomic E-state index is 0.370. The van der Waals surface area contributed by atoms with Crippen LogP contribution >= 0.6 is 23.1 Å². The van der Waals surface area contributed by atoms with E-state index in [1.807, 2.05) is 0 Å². The number of hydrogen-bond donors (Lipinski definition) is 2. The number of carbonyl (C=O) groups is 1. The first-order valence-corrected chi connectivity index (χ1v) is 7.36. The summed E-state index contributed by atoms with van der Waals surface area (Å²) in [5.74, 6) is -1.47. The van der Waals surface area contributed by atoms with Gasteiger partial charge >= 0.3 is 5.69 Å². The minimum Gasteiger partial charge on any atom is -0.502 e. The molecule has 2 rings (SSSR count). The fraction of sp³-hybridized carbons (Fsp3) is 0.231. The van der Waals surface area contributed by atoms with Crippen molar-refractivity contribution in [2.75, 3.05) is 5.32 Å². The molecule has 0 aliphatic rings. The molecule has 1 aromatic heterocycles. The number of nitro groups is 1. The summed E-state index contributed by atoms with van der Waals surface area (Å²) in [6.45, 7) is 3.33. The number of nitro benzene ring substituents is 1. The number of halogens is 1. The van der Waals surface area contributed by atoms with E-state index >= 15 is 0 Å². The highest BCUT2D eigenvalue weighted by atomic mass is 35.5. The number of carbonyl (C=O) groups excluding carboxylic acids is 1. The van der Waals surface area contributed by atoms with Gasteiger partial charge in [0.25, 0.3) is 0 Å². The van der Waals surface area contributed by atoms with E-state index in [0.29, 0.717) is 21.3 Å². The second-order valence-corrected chi connectivity index (χ2v) is 5.78. The Morgan fingerprint density at radius 3 is 2.77 bits per heavy atom. The van der Waals surface area contributed by atoms with Gasteiger partial charge in [0.1, 0.15) is 5.00 Å².